The van der Waals surface area contributed by atoms with Crippen LogP contribution >= 0.6 is 0 Å². The highest BCUT2D eigenvalue weighted by Gasteiger charge is 2.33. The molecule has 2 heterocycles. The smallest absolute Gasteiger partial charge is 0.346 e. The lowest BCUT2D eigenvalue weighted by Crippen LogP contribution is -2.30. The zero-order chi connectivity index (χ0) is 24.0. The summed E-state index contributed by atoms with van der Waals surface area (Å²) in [5.41, 5.74) is 0.533. The standard InChI is InChI=1S/C24H16O10/c25-19(11-1-7-15-17(9-11)23(29)33-21(15)27)31-13-3-5-14(6-4-13)32-20(26)12-2-8-16-18(10-12)24(30)34-22(16)28/h1-2,7-10,13-14H,3-6H2. The van der Waals surface area contributed by atoms with Gasteiger partial charge in [-0.2, -0.15) is 0 Å². The van der Waals surface area contributed by atoms with Gasteiger partial charge in [-0.05, 0) is 62.1 Å². The molecular weight excluding hydrogens is 448 g/mol. The zero-order valence-corrected chi connectivity index (χ0v) is 17.5. The van der Waals surface area contributed by atoms with Crippen molar-refractivity contribution in [1.29, 1.82) is 0 Å². The molecule has 172 valence electrons. The summed E-state index contributed by atoms with van der Waals surface area (Å²) >= 11 is 0. The summed E-state index contributed by atoms with van der Waals surface area (Å²) in [5.74, 6) is -4.36. The van der Waals surface area contributed by atoms with Gasteiger partial charge < -0.3 is 18.9 Å². The lowest BCUT2D eigenvalue weighted by molar-refractivity contribution is -0.0108. The Morgan fingerprint density at radius 1 is 0.588 bits per heavy atom. The molecule has 5 rings (SSSR count). The third kappa shape index (κ3) is 3.83. The van der Waals surface area contributed by atoms with Gasteiger partial charge in [0.1, 0.15) is 12.2 Å². The van der Waals surface area contributed by atoms with Crippen LogP contribution < -0.4 is 0 Å². The van der Waals surface area contributed by atoms with Crippen molar-refractivity contribution in [3.63, 3.8) is 0 Å². The number of ether oxygens (including phenoxy) is 4. The summed E-state index contributed by atoms with van der Waals surface area (Å²) in [6, 6.07) is 8.05. The largest absolute Gasteiger partial charge is 0.459 e. The van der Waals surface area contributed by atoms with Crippen LogP contribution in [0.3, 0.4) is 0 Å². The minimum absolute atomic E-state index is 0.0271. The fraction of sp³-hybridized carbons (Fsp3) is 0.250. The average Bonchev–Trinajstić information content (AvgIpc) is 3.28. The van der Waals surface area contributed by atoms with Crippen LogP contribution in [-0.4, -0.2) is 48.0 Å². The first-order valence-electron chi connectivity index (χ1n) is 10.5. The molecular formula is C24H16O10. The van der Waals surface area contributed by atoms with Gasteiger partial charge in [0.25, 0.3) is 0 Å². The van der Waals surface area contributed by atoms with E-state index in [9.17, 15) is 28.8 Å². The van der Waals surface area contributed by atoms with Crippen molar-refractivity contribution < 1.29 is 47.7 Å². The number of carbonyl (C=O) groups excluding carboxylic acids is 6. The van der Waals surface area contributed by atoms with Gasteiger partial charge in [0, 0.05) is 0 Å². The van der Waals surface area contributed by atoms with E-state index in [2.05, 4.69) is 9.47 Å². The van der Waals surface area contributed by atoms with E-state index < -0.39 is 48.0 Å². The number of carbonyl (C=O) groups is 6. The summed E-state index contributed by atoms with van der Waals surface area (Å²) in [5, 5.41) is 0. The molecule has 10 nitrogen and oxygen atoms in total. The van der Waals surface area contributed by atoms with Crippen LogP contribution in [0.25, 0.3) is 0 Å². The van der Waals surface area contributed by atoms with Crippen molar-refractivity contribution in [1.82, 2.24) is 0 Å². The Bertz CT molecular complexity index is 1180. The Labute approximate surface area is 191 Å². The van der Waals surface area contributed by atoms with Crippen molar-refractivity contribution in [3.8, 4) is 0 Å². The highest BCUT2D eigenvalue weighted by molar-refractivity contribution is 6.16. The minimum atomic E-state index is -0.802. The van der Waals surface area contributed by atoms with Crippen LogP contribution in [-0.2, 0) is 18.9 Å². The number of benzene rings is 2. The van der Waals surface area contributed by atoms with E-state index in [0.29, 0.717) is 25.7 Å². The van der Waals surface area contributed by atoms with Crippen molar-refractivity contribution >= 4 is 35.8 Å². The van der Waals surface area contributed by atoms with Crippen LogP contribution in [0.1, 0.15) is 87.8 Å². The van der Waals surface area contributed by atoms with Crippen LogP contribution in [0.4, 0.5) is 0 Å². The molecule has 0 radical (unpaired) electrons. The highest BCUT2D eigenvalue weighted by atomic mass is 16.6. The first kappa shape index (κ1) is 21.5. The summed E-state index contributed by atoms with van der Waals surface area (Å²) in [6.07, 6.45) is 1.04. The topological polar surface area (TPSA) is 139 Å². The molecule has 10 heteroatoms. The normalized spacial score (nSPS) is 20.8. The number of fused-ring (bicyclic) bond motifs is 2. The molecule has 1 fully saturated rings. The summed E-state index contributed by atoms with van der Waals surface area (Å²) in [7, 11) is 0. The molecule has 1 saturated carbocycles. The first-order chi connectivity index (χ1) is 16.3. The molecule has 0 atom stereocenters. The Hall–Kier alpha value is -4.34. The Morgan fingerprint density at radius 2 is 0.941 bits per heavy atom. The van der Waals surface area contributed by atoms with E-state index >= 15 is 0 Å². The molecule has 34 heavy (non-hydrogen) atoms. The van der Waals surface area contributed by atoms with E-state index in [1.807, 2.05) is 0 Å². The molecule has 0 aromatic heterocycles. The van der Waals surface area contributed by atoms with Gasteiger partial charge in [-0.3, -0.25) is 0 Å². The third-order valence-electron chi connectivity index (χ3n) is 5.93. The highest BCUT2D eigenvalue weighted by Crippen LogP contribution is 2.27. The lowest BCUT2D eigenvalue weighted by Gasteiger charge is -2.28. The Morgan fingerprint density at radius 3 is 1.32 bits per heavy atom. The van der Waals surface area contributed by atoms with Gasteiger partial charge in [0.2, 0.25) is 0 Å². The number of esters is 6. The summed E-state index contributed by atoms with van der Waals surface area (Å²) in [6.45, 7) is 0. The molecule has 2 aromatic carbocycles. The maximum absolute atomic E-state index is 12.5. The van der Waals surface area contributed by atoms with E-state index in [1.165, 1.54) is 36.4 Å². The number of cyclic esters (lactones) is 4. The molecule has 0 amide bonds. The fourth-order valence-electron chi connectivity index (χ4n) is 4.13. The second-order valence-corrected chi connectivity index (χ2v) is 8.08. The van der Waals surface area contributed by atoms with Gasteiger partial charge in [0.15, 0.2) is 0 Å². The van der Waals surface area contributed by atoms with Gasteiger partial charge in [0.05, 0.1) is 33.4 Å². The van der Waals surface area contributed by atoms with Crippen LogP contribution in [0.5, 0.6) is 0 Å². The number of hydrogen-bond acceptors (Lipinski definition) is 10. The zero-order valence-electron chi connectivity index (χ0n) is 17.5. The number of rotatable bonds is 4. The molecule has 0 spiro atoms. The fourth-order valence-corrected chi connectivity index (χ4v) is 4.13. The van der Waals surface area contributed by atoms with Crippen LogP contribution in [0.15, 0.2) is 36.4 Å². The van der Waals surface area contributed by atoms with Crippen molar-refractivity contribution in [2.45, 2.75) is 37.9 Å². The molecule has 0 saturated heterocycles. The second-order valence-electron chi connectivity index (χ2n) is 8.08. The monoisotopic (exact) mass is 464 g/mol. The Kier molecular flexibility index (Phi) is 5.20. The summed E-state index contributed by atoms with van der Waals surface area (Å²) in [4.78, 5) is 71.4. The molecule has 2 aliphatic heterocycles. The summed E-state index contributed by atoms with van der Waals surface area (Å²) < 4.78 is 20.0. The predicted molar refractivity (Wildman–Crippen MR) is 109 cm³/mol. The van der Waals surface area contributed by atoms with Gasteiger partial charge in [-0.15, -0.1) is 0 Å². The van der Waals surface area contributed by atoms with Gasteiger partial charge in [-0.25, -0.2) is 28.8 Å². The van der Waals surface area contributed by atoms with Crippen LogP contribution in [0.2, 0.25) is 0 Å². The molecule has 1 aliphatic carbocycles. The van der Waals surface area contributed by atoms with E-state index in [1.54, 1.807) is 0 Å². The molecule has 0 N–H and O–H groups in total. The first-order valence-corrected chi connectivity index (χ1v) is 10.5. The van der Waals surface area contributed by atoms with Gasteiger partial charge >= 0.3 is 35.8 Å². The number of hydrogen-bond donors (Lipinski definition) is 0. The average molecular weight is 464 g/mol. The molecule has 0 unspecified atom stereocenters. The minimum Gasteiger partial charge on any atom is -0.459 e. The van der Waals surface area contributed by atoms with Crippen molar-refractivity contribution in [2.24, 2.45) is 0 Å². The quantitative estimate of drug-likeness (QED) is 0.377. The molecule has 0 bridgehead atoms. The van der Waals surface area contributed by atoms with Crippen molar-refractivity contribution in [2.75, 3.05) is 0 Å². The lowest BCUT2D eigenvalue weighted by atomic mass is 9.94. The molecule has 3 aliphatic rings. The SMILES string of the molecule is O=C(OC1CCC(OC(=O)c2ccc3c(c2)C(=O)OC3=O)CC1)c1ccc2c(c1)C(=O)OC2=O. The molecule has 2 aromatic rings. The predicted octanol–water partition coefficient (Wildman–Crippen LogP) is 2.63. The van der Waals surface area contributed by atoms with E-state index in [0.717, 1.165) is 0 Å². The maximum Gasteiger partial charge on any atom is 0.346 e. The third-order valence-corrected chi connectivity index (χ3v) is 5.93. The van der Waals surface area contributed by atoms with Gasteiger partial charge in [-0.1, -0.05) is 0 Å². The van der Waals surface area contributed by atoms with Crippen molar-refractivity contribution in [3.05, 3.63) is 69.8 Å². The Balaban J connectivity index is 1.15. The van der Waals surface area contributed by atoms with E-state index in [4.69, 9.17) is 9.47 Å². The maximum atomic E-state index is 12.5. The second kappa shape index (κ2) is 8.22. The van der Waals surface area contributed by atoms with Crippen LogP contribution in [0, 0.1) is 0 Å². The van der Waals surface area contributed by atoms with E-state index in [-0.39, 0.29) is 33.4 Å².